The van der Waals surface area contributed by atoms with Crippen LogP contribution >= 0.6 is 15.9 Å². The van der Waals surface area contributed by atoms with E-state index in [1.54, 1.807) is 16.8 Å². The monoisotopic (exact) mass is 280 g/mol. The number of allylic oxidation sites excluding steroid dienone is 1. The van der Waals surface area contributed by atoms with Crippen molar-refractivity contribution in [1.29, 1.82) is 0 Å². The summed E-state index contributed by atoms with van der Waals surface area (Å²) in [5.41, 5.74) is 0.866. The lowest BCUT2D eigenvalue weighted by molar-refractivity contribution is 0.0691. The molecular weight excluding hydrogens is 272 g/mol. The summed E-state index contributed by atoms with van der Waals surface area (Å²) in [6.07, 6.45) is 0. The second-order valence-corrected chi connectivity index (χ2v) is 4.47. The first-order valence-electron chi connectivity index (χ1n) is 4.61. The van der Waals surface area contributed by atoms with Crippen LogP contribution in [0.5, 0.6) is 0 Å². The molecule has 0 spiro atoms. The van der Waals surface area contributed by atoms with Crippen LogP contribution < -0.4 is 0 Å². The number of carboxylic acid groups (broad SMARTS) is 1. The number of benzene rings is 1. The SMILES string of the molecule is C=C(Br)Cn1nc(C(=O)O)c2ccccc21. The fourth-order valence-electron chi connectivity index (χ4n) is 1.57. The Labute approximate surface area is 100 Å². The van der Waals surface area contributed by atoms with Crippen LogP contribution in [0.25, 0.3) is 10.9 Å². The van der Waals surface area contributed by atoms with Crippen molar-refractivity contribution < 1.29 is 9.90 Å². The van der Waals surface area contributed by atoms with Crippen LogP contribution in [0.1, 0.15) is 10.5 Å². The normalized spacial score (nSPS) is 10.6. The Hall–Kier alpha value is -1.62. The van der Waals surface area contributed by atoms with Crippen LogP contribution in [0.15, 0.2) is 35.3 Å². The number of hydrogen-bond donors (Lipinski definition) is 1. The number of halogens is 1. The third kappa shape index (κ3) is 1.86. The van der Waals surface area contributed by atoms with Gasteiger partial charge >= 0.3 is 5.97 Å². The molecule has 0 unspecified atom stereocenters. The van der Waals surface area contributed by atoms with E-state index >= 15 is 0 Å². The van der Waals surface area contributed by atoms with Gasteiger partial charge in [-0.2, -0.15) is 5.10 Å². The number of fused-ring (bicyclic) bond motifs is 1. The summed E-state index contributed by atoms with van der Waals surface area (Å²) in [7, 11) is 0. The predicted molar refractivity (Wildman–Crippen MR) is 64.8 cm³/mol. The smallest absolute Gasteiger partial charge is 0.357 e. The molecule has 16 heavy (non-hydrogen) atoms. The van der Waals surface area contributed by atoms with E-state index in [2.05, 4.69) is 27.6 Å². The predicted octanol–water partition coefficient (Wildman–Crippen LogP) is 2.64. The number of carboxylic acids is 1. The lowest BCUT2D eigenvalue weighted by Crippen LogP contribution is -2.03. The largest absolute Gasteiger partial charge is 0.476 e. The zero-order valence-corrected chi connectivity index (χ0v) is 9.94. The first-order valence-corrected chi connectivity index (χ1v) is 5.41. The molecule has 4 nitrogen and oxygen atoms in total. The molecule has 82 valence electrons. The van der Waals surface area contributed by atoms with Crippen LogP contribution in [0.3, 0.4) is 0 Å². The number of para-hydroxylation sites is 1. The van der Waals surface area contributed by atoms with Crippen LogP contribution in [-0.2, 0) is 6.54 Å². The quantitative estimate of drug-likeness (QED) is 0.940. The molecule has 1 aromatic heterocycles. The van der Waals surface area contributed by atoms with Gasteiger partial charge in [0.1, 0.15) is 0 Å². The van der Waals surface area contributed by atoms with E-state index in [-0.39, 0.29) is 5.69 Å². The van der Waals surface area contributed by atoms with E-state index in [9.17, 15) is 4.79 Å². The average Bonchev–Trinajstić information content (AvgIpc) is 2.57. The maximum atomic E-state index is 11.0. The standard InChI is InChI=1S/C11H9BrN2O2/c1-7(12)6-14-9-5-3-2-4-8(9)10(13-14)11(15)16/h2-5H,1,6H2,(H,15,16). The molecule has 2 rings (SSSR count). The van der Waals surface area contributed by atoms with Crippen molar-refractivity contribution in [2.75, 3.05) is 0 Å². The summed E-state index contributed by atoms with van der Waals surface area (Å²) in [5.74, 6) is -1.02. The van der Waals surface area contributed by atoms with E-state index in [1.165, 1.54) is 0 Å². The molecule has 1 heterocycles. The van der Waals surface area contributed by atoms with Crippen LogP contribution in [0.4, 0.5) is 0 Å². The van der Waals surface area contributed by atoms with Gasteiger partial charge in [0.25, 0.3) is 0 Å². The summed E-state index contributed by atoms with van der Waals surface area (Å²) < 4.78 is 2.37. The lowest BCUT2D eigenvalue weighted by Gasteiger charge is -2.00. The van der Waals surface area contributed by atoms with Gasteiger partial charge in [-0.15, -0.1) is 0 Å². The Morgan fingerprint density at radius 2 is 2.19 bits per heavy atom. The number of aromatic carboxylic acids is 1. The van der Waals surface area contributed by atoms with E-state index in [4.69, 9.17) is 5.11 Å². The van der Waals surface area contributed by atoms with Gasteiger partial charge in [0.15, 0.2) is 5.69 Å². The number of hydrogen-bond acceptors (Lipinski definition) is 2. The lowest BCUT2D eigenvalue weighted by atomic mass is 10.2. The first-order chi connectivity index (χ1) is 7.59. The van der Waals surface area contributed by atoms with Crippen molar-refractivity contribution in [2.24, 2.45) is 0 Å². The first kappa shape index (κ1) is 10.9. The third-order valence-electron chi connectivity index (χ3n) is 2.18. The van der Waals surface area contributed by atoms with E-state index in [0.717, 1.165) is 10.00 Å². The van der Waals surface area contributed by atoms with Gasteiger partial charge in [-0.05, 0) is 6.07 Å². The van der Waals surface area contributed by atoms with Crippen molar-refractivity contribution in [1.82, 2.24) is 9.78 Å². The molecule has 5 heteroatoms. The molecule has 0 aliphatic rings. The van der Waals surface area contributed by atoms with Crippen molar-refractivity contribution in [2.45, 2.75) is 6.54 Å². The summed E-state index contributed by atoms with van der Waals surface area (Å²) >= 11 is 3.24. The van der Waals surface area contributed by atoms with E-state index in [0.29, 0.717) is 11.9 Å². The highest BCUT2D eigenvalue weighted by atomic mass is 79.9. The molecule has 0 radical (unpaired) electrons. The van der Waals surface area contributed by atoms with Gasteiger partial charge in [-0.1, -0.05) is 40.7 Å². The van der Waals surface area contributed by atoms with Gasteiger partial charge in [0.2, 0.25) is 0 Å². The average molecular weight is 281 g/mol. The van der Waals surface area contributed by atoms with Gasteiger partial charge in [-0.25, -0.2) is 4.79 Å². The Kier molecular flexibility index (Phi) is 2.78. The van der Waals surface area contributed by atoms with Crippen LogP contribution in [0.2, 0.25) is 0 Å². The van der Waals surface area contributed by atoms with Gasteiger partial charge in [0.05, 0.1) is 12.1 Å². The highest BCUT2D eigenvalue weighted by Gasteiger charge is 2.15. The molecule has 0 aliphatic carbocycles. The van der Waals surface area contributed by atoms with Gasteiger partial charge in [0, 0.05) is 9.87 Å². The summed E-state index contributed by atoms with van der Waals surface area (Å²) in [5, 5.41) is 13.7. The summed E-state index contributed by atoms with van der Waals surface area (Å²) in [4.78, 5) is 11.0. The topological polar surface area (TPSA) is 55.1 Å². The van der Waals surface area contributed by atoms with Crippen LogP contribution in [-0.4, -0.2) is 20.9 Å². The molecule has 1 N–H and O–H groups in total. The second kappa shape index (κ2) is 4.09. The highest BCUT2D eigenvalue weighted by molar-refractivity contribution is 9.11. The molecule has 0 saturated heterocycles. The molecule has 0 amide bonds. The highest BCUT2D eigenvalue weighted by Crippen LogP contribution is 2.20. The Morgan fingerprint density at radius 1 is 1.50 bits per heavy atom. The molecule has 0 bridgehead atoms. The number of rotatable bonds is 3. The summed E-state index contributed by atoms with van der Waals surface area (Å²) in [6.45, 7) is 4.17. The second-order valence-electron chi connectivity index (χ2n) is 3.35. The minimum atomic E-state index is -1.02. The molecule has 1 aromatic carbocycles. The number of carbonyl (C=O) groups is 1. The fraction of sp³-hybridized carbons (Fsp3) is 0.0909. The number of aromatic nitrogens is 2. The molecule has 0 saturated carbocycles. The minimum Gasteiger partial charge on any atom is -0.476 e. The van der Waals surface area contributed by atoms with Crippen molar-refractivity contribution >= 4 is 32.8 Å². The summed E-state index contributed by atoms with van der Waals surface area (Å²) in [6, 6.07) is 7.23. The zero-order valence-electron chi connectivity index (χ0n) is 8.35. The molecule has 0 aliphatic heterocycles. The maximum Gasteiger partial charge on any atom is 0.357 e. The Balaban J connectivity index is 2.66. The maximum absolute atomic E-state index is 11.0. The Morgan fingerprint density at radius 3 is 2.81 bits per heavy atom. The van der Waals surface area contributed by atoms with E-state index < -0.39 is 5.97 Å². The minimum absolute atomic E-state index is 0.0735. The molecule has 2 aromatic rings. The molecule has 0 fully saturated rings. The van der Waals surface area contributed by atoms with Gasteiger partial charge in [-0.3, -0.25) is 4.68 Å². The van der Waals surface area contributed by atoms with Crippen molar-refractivity contribution in [3.05, 3.63) is 41.0 Å². The zero-order chi connectivity index (χ0) is 11.7. The molecule has 0 atom stereocenters. The van der Waals surface area contributed by atoms with Gasteiger partial charge < -0.3 is 5.11 Å². The van der Waals surface area contributed by atoms with Crippen molar-refractivity contribution in [3.8, 4) is 0 Å². The number of nitrogens with zero attached hydrogens (tertiary/aromatic N) is 2. The fourth-order valence-corrected chi connectivity index (χ4v) is 1.81. The van der Waals surface area contributed by atoms with Crippen LogP contribution in [0, 0.1) is 0 Å². The van der Waals surface area contributed by atoms with E-state index in [1.807, 2.05) is 12.1 Å². The third-order valence-corrected chi connectivity index (χ3v) is 2.43. The van der Waals surface area contributed by atoms with Crippen molar-refractivity contribution in [3.63, 3.8) is 0 Å². The molecular formula is C11H9BrN2O2. The Bertz CT molecular complexity index is 574.